The van der Waals surface area contributed by atoms with Gasteiger partial charge in [0.1, 0.15) is 5.75 Å². The fourth-order valence-electron chi connectivity index (χ4n) is 1.72. The molecule has 2 aromatic rings. The van der Waals surface area contributed by atoms with Gasteiger partial charge in [0.25, 0.3) is 0 Å². The lowest BCUT2D eigenvalue weighted by molar-refractivity contribution is -0.115. The van der Waals surface area contributed by atoms with Crippen LogP contribution in [0, 0.1) is 0 Å². The number of benzene rings is 1. The van der Waals surface area contributed by atoms with Crippen LogP contribution in [0.25, 0.3) is 0 Å². The number of hydrogen-bond donors (Lipinski definition) is 2. The average molecular weight is 326 g/mol. The molecule has 0 aliphatic carbocycles. The highest BCUT2D eigenvalue weighted by Gasteiger charge is 2.07. The molecule has 21 heavy (non-hydrogen) atoms. The van der Waals surface area contributed by atoms with Gasteiger partial charge >= 0.3 is 0 Å². The second-order valence-electron chi connectivity index (χ2n) is 4.25. The molecule has 0 saturated carbocycles. The van der Waals surface area contributed by atoms with Crippen LogP contribution < -0.4 is 15.4 Å². The van der Waals surface area contributed by atoms with Crippen LogP contribution in [0.1, 0.15) is 18.2 Å². The largest absolute Gasteiger partial charge is 0.495 e. The average Bonchev–Trinajstić information content (AvgIpc) is 2.90. The molecular weight excluding hydrogens is 310 g/mol. The number of carbonyl (C=O) groups excluding carboxylic acids is 1. The molecule has 7 heteroatoms. The second-order valence-corrected chi connectivity index (χ2v) is 5.95. The van der Waals surface area contributed by atoms with Crippen LogP contribution in [0.5, 0.6) is 5.75 Å². The summed E-state index contributed by atoms with van der Waals surface area (Å²) >= 11 is 7.23. The minimum Gasteiger partial charge on any atom is -0.495 e. The molecule has 0 radical (unpaired) electrons. The van der Waals surface area contributed by atoms with Gasteiger partial charge in [0.15, 0.2) is 4.47 Å². The zero-order chi connectivity index (χ0) is 15.2. The van der Waals surface area contributed by atoms with E-state index in [4.69, 9.17) is 16.3 Å². The predicted molar refractivity (Wildman–Crippen MR) is 86.4 cm³/mol. The third kappa shape index (κ3) is 4.34. The first-order valence-corrected chi connectivity index (χ1v) is 7.63. The highest BCUT2D eigenvalue weighted by atomic mass is 35.5. The highest BCUT2D eigenvalue weighted by Crippen LogP contribution is 2.29. The summed E-state index contributed by atoms with van der Waals surface area (Å²) in [5.41, 5.74) is 1.53. The van der Waals surface area contributed by atoms with E-state index in [2.05, 4.69) is 15.6 Å². The first-order chi connectivity index (χ1) is 10.1. The van der Waals surface area contributed by atoms with Crippen LogP contribution >= 0.6 is 22.9 Å². The van der Waals surface area contributed by atoms with Gasteiger partial charge in [-0.15, -0.1) is 11.3 Å². The number of ether oxygens (including phenoxy) is 1. The summed E-state index contributed by atoms with van der Waals surface area (Å²) in [4.78, 5) is 16.5. The molecule has 2 N–H and O–H groups in total. The quantitative estimate of drug-likeness (QED) is 0.848. The Hall–Kier alpha value is -1.79. The zero-order valence-corrected chi connectivity index (χ0v) is 13.3. The smallest absolute Gasteiger partial charge is 0.224 e. The SMILES string of the molecule is CCC(=O)Nc1ccc(OC)c(NCc2cnc(Cl)s2)c1. The molecule has 0 aliphatic rings. The summed E-state index contributed by atoms with van der Waals surface area (Å²) in [5, 5.41) is 6.08. The molecule has 0 spiro atoms. The monoisotopic (exact) mass is 325 g/mol. The Bertz CT molecular complexity index is 630. The van der Waals surface area contributed by atoms with Crippen molar-refractivity contribution in [2.24, 2.45) is 0 Å². The molecule has 0 saturated heterocycles. The van der Waals surface area contributed by atoms with E-state index in [9.17, 15) is 4.79 Å². The number of hydrogen-bond acceptors (Lipinski definition) is 5. The van der Waals surface area contributed by atoms with Crippen molar-refractivity contribution >= 4 is 40.2 Å². The van der Waals surface area contributed by atoms with Crippen molar-refractivity contribution in [1.29, 1.82) is 0 Å². The molecule has 0 aliphatic heterocycles. The van der Waals surface area contributed by atoms with E-state index in [1.54, 1.807) is 19.4 Å². The standard InChI is InChI=1S/C14H16ClN3O2S/c1-3-13(19)18-9-4-5-12(20-2)11(6-9)16-7-10-8-17-14(15)21-10/h4-6,8,16H,3,7H2,1-2H3,(H,18,19). The number of methoxy groups -OCH3 is 1. The summed E-state index contributed by atoms with van der Waals surface area (Å²) in [7, 11) is 1.61. The van der Waals surface area contributed by atoms with Gasteiger partial charge in [0.05, 0.1) is 19.3 Å². The van der Waals surface area contributed by atoms with Crippen LogP contribution in [0.15, 0.2) is 24.4 Å². The minimum absolute atomic E-state index is 0.0274. The van der Waals surface area contributed by atoms with E-state index in [-0.39, 0.29) is 5.91 Å². The first-order valence-electron chi connectivity index (χ1n) is 6.44. The van der Waals surface area contributed by atoms with Gasteiger partial charge in [-0.1, -0.05) is 18.5 Å². The van der Waals surface area contributed by atoms with Crippen molar-refractivity contribution in [2.75, 3.05) is 17.7 Å². The number of halogens is 1. The molecular formula is C14H16ClN3O2S. The molecule has 112 valence electrons. The Labute approximate surface area is 132 Å². The molecule has 1 aromatic heterocycles. The normalized spacial score (nSPS) is 10.2. The lowest BCUT2D eigenvalue weighted by Crippen LogP contribution is -2.10. The molecule has 2 rings (SSSR count). The predicted octanol–water partition coefficient (Wildman–Crippen LogP) is 3.77. The number of rotatable bonds is 6. The zero-order valence-electron chi connectivity index (χ0n) is 11.8. The fourth-order valence-corrected chi connectivity index (χ4v) is 2.64. The third-order valence-corrected chi connectivity index (χ3v) is 3.90. The maximum absolute atomic E-state index is 11.4. The number of aromatic nitrogens is 1. The maximum Gasteiger partial charge on any atom is 0.224 e. The van der Waals surface area contributed by atoms with Crippen molar-refractivity contribution in [2.45, 2.75) is 19.9 Å². The first kappa shape index (κ1) is 15.6. The molecule has 0 atom stereocenters. The topological polar surface area (TPSA) is 63.2 Å². The molecule has 1 heterocycles. The Morgan fingerprint density at radius 3 is 2.90 bits per heavy atom. The summed E-state index contributed by atoms with van der Waals surface area (Å²) in [6, 6.07) is 5.46. The number of nitrogens with one attached hydrogen (secondary N) is 2. The fraction of sp³-hybridized carbons (Fsp3) is 0.286. The van der Waals surface area contributed by atoms with Gasteiger partial charge in [-0.2, -0.15) is 0 Å². The Morgan fingerprint density at radius 2 is 2.29 bits per heavy atom. The number of nitrogens with zero attached hydrogens (tertiary/aromatic N) is 1. The summed E-state index contributed by atoms with van der Waals surface area (Å²) in [6.45, 7) is 2.40. The number of carbonyl (C=O) groups is 1. The van der Waals surface area contributed by atoms with Gasteiger partial charge in [-0.05, 0) is 18.2 Å². The minimum atomic E-state index is -0.0274. The number of thiazole rings is 1. The third-order valence-electron chi connectivity index (χ3n) is 2.78. The van der Waals surface area contributed by atoms with Gasteiger partial charge < -0.3 is 15.4 Å². The van der Waals surface area contributed by atoms with Crippen LogP contribution in [0.2, 0.25) is 4.47 Å². The van der Waals surface area contributed by atoms with Crippen LogP contribution in [-0.4, -0.2) is 18.0 Å². The number of amides is 1. The summed E-state index contributed by atoms with van der Waals surface area (Å²) < 4.78 is 5.83. The molecule has 1 amide bonds. The van der Waals surface area contributed by atoms with Crippen molar-refractivity contribution < 1.29 is 9.53 Å². The van der Waals surface area contributed by atoms with E-state index < -0.39 is 0 Å². The Morgan fingerprint density at radius 1 is 1.48 bits per heavy atom. The summed E-state index contributed by atoms with van der Waals surface area (Å²) in [6.07, 6.45) is 2.17. The van der Waals surface area contributed by atoms with E-state index in [0.717, 1.165) is 16.3 Å². The second kappa shape index (κ2) is 7.28. The lowest BCUT2D eigenvalue weighted by Gasteiger charge is -2.12. The van der Waals surface area contributed by atoms with Crippen molar-refractivity contribution in [3.63, 3.8) is 0 Å². The molecule has 0 bridgehead atoms. The van der Waals surface area contributed by atoms with Gasteiger partial charge in [0, 0.05) is 23.2 Å². The van der Waals surface area contributed by atoms with E-state index in [1.807, 2.05) is 19.1 Å². The molecule has 0 fully saturated rings. The van der Waals surface area contributed by atoms with Crippen LogP contribution in [0.3, 0.4) is 0 Å². The van der Waals surface area contributed by atoms with E-state index >= 15 is 0 Å². The van der Waals surface area contributed by atoms with Crippen molar-refractivity contribution in [1.82, 2.24) is 4.98 Å². The highest BCUT2D eigenvalue weighted by molar-refractivity contribution is 7.15. The maximum atomic E-state index is 11.4. The lowest BCUT2D eigenvalue weighted by atomic mass is 10.2. The van der Waals surface area contributed by atoms with Crippen LogP contribution in [-0.2, 0) is 11.3 Å². The molecule has 5 nitrogen and oxygen atoms in total. The Kier molecular flexibility index (Phi) is 5.41. The van der Waals surface area contributed by atoms with Gasteiger partial charge in [0.2, 0.25) is 5.91 Å². The Balaban J connectivity index is 2.11. The summed E-state index contributed by atoms with van der Waals surface area (Å²) in [5.74, 6) is 0.681. The molecule has 1 aromatic carbocycles. The van der Waals surface area contributed by atoms with E-state index in [0.29, 0.717) is 23.2 Å². The van der Waals surface area contributed by atoms with Gasteiger partial charge in [-0.25, -0.2) is 4.98 Å². The van der Waals surface area contributed by atoms with Gasteiger partial charge in [-0.3, -0.25) is 4.79 Å². The molecule has 0 unspecified atom stereocenters. The van der Waals surface area contributed by atoms with Crippen molar-refractivity contribution in [3.05, 3.63) is 33.7 Å². The van der Waals surface area contributed by atoms with Crippen LogP contribution in [0.4, 0.5) is 11.4 Å². The number of anilines is 2. The van der Waals surface area contributed by atoms with E-state index in [1.165, 1.54) is 11.3 Å². The van der Waals surface area contributed by atoms with Crippen molar-refractivity contribution in [3.8, 4) is 5.75 Å².